The van der Waals surface area contributed by atoms with E-state index in [2.05, 4.69) is 66.3 Å². The molecule has 0 aliphatic rings. The highest BCUT2D eigenvalue weighted by Crippen LogP contribution is 2.08. The van der Waals surface area contributed by atoms with E-state index >= 15 is 0 Å². The number of rotatable bonds is 34. The first-order valence-electron chi connectivity index (χ1n) is 17.8. The van der Waals surface area contributed by atoms with Gasteiger partial charge in [-0.3, -0.25) is 0 Å². The molecule has 0 amide bonds. The second-order valence-corrected chi connectivity index (χ2v) is 8.79. The summed E-state index contributed by atoms with van der Waals surface area (Å²) in [5.74, 6) is 0. The van der Waals surface area contributed by atoms with Crippen LogP contribution < -0.4 is 0 Å². The quantitative estimate of drug-likeness (QED) is 0.0266. The van der Waals surface area contributed by atoms with Crippen LogP contribution in [0.5, 0.6) is 0 Å². The Morgan fingerprint density at radius 2 is 0.338 bits per heavy atom. The van der Waals surface area contributed by atoms with Crippen LogP contribution in [-0.4, -0.2) is 327 Å². The third-order valence-corrected chi connectivity index (χ3v) is 4.80. The Labute approximate surface area is 417 Å². The summed E-state index contributed by atoms with van der Waals surface area (Å²) in [5.41, 5.74) is 0. The van der Waals surface area contributed by atoms with E-state index in [1.54, 1.807) is 0 Å². The van der Waals surface area contributed by atoms with Gasteiger partial charge in [0.25, 0.3) is 0 Å². The molecule has 0 aromatic heterocycles. The molecule has 74 heavy (non-hydrogen) atoms. The molecule has 0 heterocycles. The highest BCUT2D eigenvalue weighted by Gasteiger charge is 2.25. The Balaban J connectivity index is -0.0000000700. The fourth-order valence-corrected chi connectivity index (χ4v) is 2.45. The van der Waals surface area contributed by atoms with Gasteiger partial charge in [-0.1, -0.05) is 0 Å². The monoisotopic (exact) mass is 1130 g/mol. The minimum absolute atomic E-state index is 0.690. The predicted molar refractivity (Wildman–Crippen MR) is 218 cm³/mol. The zero-order chi connectivity index (χ0) is 60.7. The highest BCUT2D eigenvalue weighted by atomic mass is 16.8. The summed E-state index contributed by atoms with van der Waals surface area (Å²) < 4.78 is 61.8. The summed E-state index contributed by atoms with van der Waals surface area (Å²) in [6, 6.07) is 0. The van der Waals surface area contributed by atoms with E-state index in [9.17, 15) is 0 Å². The number of carbonyl (C=O) groups is 5. The zero-order valence-corrected chi connectivity index (χ0v) is 38.9. The van der Waals surface area contributed by atoms with Crippen LogP contribution in [0.15, 0.2) is 0 Å². The Morgan fingerprint density at radius 3 is 0.459 bits per heavy atom. The SMILES string of the molecule is C=O.C=O.C=O.C=O.C=O.OC(O)C(O)O.OCOC(O)C(O)O.OCOC(O)C(OCO)OCO.OCOC(OCO)C(O)O.OCOC(OCO)C(OCO)OCO.OCOC(OCO)C(OCO)OCO. The van der Waals surface area contributed by atoms with Crippen LogP contribution in [0.1, 0.15) is 0 Å². The zero-order valence-electron chi connectivity index (χ0n) is 38.9. The van der Waals surface area contributed by atoms with Crippen LogP contribution in [0.3, 0.4) is 0 Å². The van der Waals surface area contributed by atoms with Gasteiger partial charge in [0, 0.05) is 0 Å². The van der Waals surface area contributed by atoms with Crippen molar-refractivity contribution in [2.45, 2.75) is 75.5 Å². The van der Waals surface area contributed by atoms with Crippen LogP contribution in [0.25, 0.3) is 0 Å². The van der Waals surface area contributed by atoms with Gasteiger partial charge in [-0.2, -0.15) is 0 Å². The molecule has 0 aliphatic carbocycles. The van der Waals surface area contributed by atoms with Gasteiger partial charge < -0.3 is 213 Å². The van der Waals surface area contributed by atoms with Gasteiger partial charge in [-0.15, -0.1) is 0 Å². The van der Waals surface area contributed by atoms with E-state index in [-0.39, 0.29) is 0 Å². The molecule has 0 aromatic carbocycles. The summed E-state index contributed by atoms with van der Waals surface area (Å²) >= 11 is 0. The average Bonchev–Trinajstić information content (AvgIpc) is 3.40. The lowest BCUT2D eigenvalue weighted by atomic mass is 10.6. The Hall–Kier alpha value is -3.17. The molecule has 0 fully saturated rings. The lowest BCUT2D eigenvalue weighted by molar-refractivity contribution is -0.333. The normalized spacial score (nSPS) is 10.9. The summed E-state index contributed by atoms with van der Waals surface area (Å²) in [5, 5.41) is 197. The molecule has 43 nitrogen and oxygen atoms in total. The van der Waals surface area contributed by atoms with Gasteiger partial charge in [0.1, 0.15) is 129 Å². The first-order valence-corrected chi connectivity index (χ1v) is 17.8. The molecule has 456 valence electrons. The number of aliphatic hydroxyl groups is 24. The van der Waals surface area contributed by atoms with Crippen LogP contribution in [0.2, 0.25) is 0 Å². The van der Waals surface area contributed by atoms with Crippen molar-refractivity contribution in [2.75, 3.05) is 95.1 Å². The van der Waals surface area contributed by atoms with E-state index in [1.165, 1.54) is 0 Å². The maximum Gasteiger partial charge on any atom is 0.213 e. The first-order chi connectivity index (χ1) is 35.4. The van der Waals surface area contributed by atoms with Crippen LogP contribution in [-0.2, 0) is 90.3 Å². The smallest absolute Gasteiger partial charge is 0.213 e. The van der Waals surface area contributed by atoms with Crippen molar-refractivity contribution in [3.63, 3.8) is 0 Å². The van der Waals surface area contributed by atoms with Crippen molar-refractivity contribution in [3.05, 3.63) is 0 Å². The van der Waals surface area contributed by atoms with Gasteiger partial charge in [0.05, 0.1) is 0 Å². The largest absolute Gasteiger partial charge is 0.371 e. The second kappa shape index (κ2) is 89.4. The molecule has 0 spiro atoms. The summed E-state index contributed by atoms with van der Waals surface area (Å²) in [4.78, 5) is 40.0. The van der Waals surface area contributed by atoms with Crippen molar-refractivity contribution in [1.82, 2.24) is 0 Å². The third-order valence-electron chi connectivity index (χ3n) is 4.80. The maximum atomic E-state index is 8.92. The molecule has 2 atom stereocenters. The molecule has 0 saturated carbocycles. The van der Waals surface area contributed by atoms with Crippen molar-refractivity contribution >= 4 is 33.9 Å². The number of ether oxygens (including phenoxy) is 14. The van der Waals surface area contributed by atoms with E-state index in [1.807, 2.05) is 33.9 Å². The van der Waals surface area contributed by atoms with Gasteiger partial charge in [-0.25, -0.2) is 0 Å². The first kappa shape index (κ1) is 96.5. The number of hydrogen-bond acceptors (Lipinski definition) is 43. The predicted octanol–water partition coefficient (Wildman–Crippen LogP) is -15.6. The van der Waals surface area contributed by atoms with E-state index in [0.29, 0.717) is 0 Å². The summed E-state index contributed by atoms with van der Waals surface area (Å²) in [6.45, 7) is 0.216. The molecule has 24 N–H and O–H groups in total. The molecule has 43 heteroatoms. The highest BCUT2D eigenvalue weighted by molar-refractivity contribution is 5.11. The average molecular weight is 1130 g/mol. The molecule has 0 saturated heterocycles. The molecule has 0 radical (unpaired) electrons. The van der Waals surface area contributed by atoms with E-state index < -0.39 is 171 Å². The third kappa shape index (κ3) is 80.2. The van der Waals surface area contributed by atoms with Crippen molar-refractivity contribution in [3.8, 4) is 0 Å². The summed E-state index contributed by atoms with van der Waals surface area (Å²) in [6.07, 6.45) is -18.9. The van der Waals surface area contributed by atoms with Crippen molar-refractivity contribution < 1.29 is 213 Å². The molecule has 0 rings (SSSR count). The topological polar surface area (TPSA) is 700 Å². The minimum Gasteiger partial charge on any atom is -0.371 e. The fourth-order valence-electron chi connectivity index (χ4n) is 2.45. The summed E-state index contributed by atoms with van der Waals surface area (Å²) in [7, 11) is 0. The van der Waals surface area contributed by atoms with Crippen molar-refractivity contribution in [2.24, 2.45) is 0 Å². The van der Waals surface area contributed by atoms with E-state index in [4.69, 9.17) is 147 Å². The van der Waals surface area contributed by atoms with Gasteiger partial charge >= 0.3 is 0 Å². The van der Waals surface area contributed by atoms with E-state index in [0.717, 1.165) is 0 Å². The molecular formula is C31H74O43. The maximum absolute atomic E-state index is 8.92. The standard InChI is InChI=1S/2C6H14O8.C5H12O7.C4H10O6.C3H8O5.C2H6O4.5CH2O/c2*7-1-11-5(12-2-8)6(13-3-9)14-4-10;6-1-10-4(9)5(11-2-7)12-3-8;5-1-9-4(3(7)8)10-2-6;4-1-8-3(7)2(5)6;3-1(4)2(5)6;5*1-2/h2*5-10H,1-4H2;4-9H,1-3H2;3-8H,1-2H2;2-7H,1H2;1-6H;5*1H2. The lowest BCUT2D eigenvalue weighted by Crippen LogP contribution is -2.37. The number of carbonyl (C=O) groups excluding carboxylic acids is 5. The molecule has 0 aliphatic heterocycles. The fraction of sp³-hybridized carbons (Fsp3) is 0.839. The minimum atomic E-state index is -2.04. The van der Waals surface area contributed by atoms with Gasteiger partial charge in [0.15, 0.2) is 0 Å². The van der Waals surface area contributed by atoms with Crippen LogP contribution in [0.4, 0.5) is 0 Å². The van der Waals surface area contributed by atoms with Gasteiger partial charge in [-0.05, 0) is 0 Å². The van der Waals surface area contributed by atoms with Crippen LogP contribution >= 0.6 is 0 Å². The molecule has 0 aromatic rings. The van der Waals surface area contributed by atoms with Crippen molar-refractivity contribution in [1.29, 1.82) is 0 Å². The Morgan fingerprint density at radius 1 is 0.189 bits per heavy atom. The molecule has 0 bridgehead atoms. The Kier molecular flexibility index (Phi) is 117. The lowest BCUT2D eigenvalue weighted by Gasteiger charge is -2.24. The molecular weight excluding hydrogens is 1060 g/mol. The number of aliphatic hydroxyl groups excluding tert-OH is 20. The van der Waals surface area contributed by atoms with Crippen LogP contribution in [0, 0.1) is 0 Å². The Bertz CT molecular complexity index is 798. The molecule has 2 unspecified atom stereocenters. The van der Waals surface area contributed by atoms with Gasteiger partial charge in [0.2, 0.25) is 75.5 Å². The second-order valence-electron chi connectivity index (χ2n) is 8.79. The number of hydrogen-bond donors (Lipinski definition) is 24.